The minimum Gasteiger partial charge on any atom is -0.462 e. The number of fused-ring (bicyclic) bond motifs is 5. The van der Waals surface area contributed by atoms with E-state index >= 15 is 0 Å². The van der Waals surface area contributed by atoms with Gasteiger partial charge in [0.15, 0.2) is 0 Å². The standard InChI is InChI=1S/C34H49NO2/c1-4-5-6-7-8-9-10-13-32(36)37-27-18-20-33(2)26(23-27)14-15-28-30-17-16-29(25-12-11-22-35-24-25)34(30,3)21-19-31(28)33/h11-12,14,16,22,24,27-28,30-31H,4-10,13,15,17-21,23H2,1-3H3/t27-,28-,30?,31?,33-,34+/m0/s1. The number of ether oxygens (including phenoxy) is 1. The Morgan fingerprint density at radius 1 is 0.973 bits per heavy atom. The lowest BCUT2D eigenvalue weighted by Crippen LogP contribution is -2.50. The third-order valence-corrected chi connectivity index (χ3v) is 10.9. The number of hydrogen-bond donors (Lipinski definition) is 0. The van der Waals surface area contributed by atoms with Gasteiger partial charge < -0.3 is 4.74 Å². The van der Waals surface area contributed by atoms with Crippen LogP contribution >= 0.6 is 0 Å². The lowest BCUT2D eigenvalue weighted by Gasteiger charge is -2.57. The Kier molecular flexibility index (Phi) is 8.27. The highest BCUT2D eigenvalue weighted by Gasteiger charge is 2.57. The van der Waals surface area contributed by atoms with Gasteiger partial charge >= 0.3 is 5.97 Å². The van der Waals surface area contributed by atoms with Crippen LogP contribution in [0, 0.1) is 28.6 Å². The first kappa shape index (κ1) is 26.7. The number of unbranched alkanes of at least 4 members (excludes halogenated alkanes) is 6. The number of nitrogens with zero attached hydrogens (tertiary/aromatic N) is 1. The van der Waals surface area contributed by atoms with Crippen LogP contribution in [0.15, 0.2) is 42.3 Å². The molecular formula is C34H49NO2. The van der Waals surface area contributed by atoms with Crippen molar-refractivity contribution in [2.45, 2.75) is 123 Å². The first-order chi connectivity index (χ1) is 18.0. The smallest absolute Gasteiger partial charge is 0.306 e. The quantitative estimate of drug-likeness (QED) is 0.181. The van der Waals surface area contributed by atoms with E-state index < -0.39 is 0 Å². The van der Waals surface area contributed by atoms with Gasteiger partial charge in [-0.15, -0.1) is 0 Å². The van der Waals surface area contributed by atoms with Crippen molar-refractivity contribution in [2.24, 2.45) is 28.6 Å². The Morgan fingerprint density at radius 3 is 2.54 bits per heavy atom. The fraction of sp³-hybridized carbons (Fsp3) is 0.706. The number of aromatic nitrogens is 1. The van der Waals surface area contributed by atoms with E-state index in [1.807, 2.05) is 6.20 Å². The molecule has 0 saturated heterocycles. The molecule has 37 heavy (non-hydrogen) atoms. The van der Waals surface area contributed by atoms with Crippen molar-refractivity contribution in [3.05, 3.63) is 47.8 Å². The molecule has 4 aliphatic carbocycles. The van der Waals surface area contributed by atoms with Gasteiger partial charge in [-0.3, -0.25) is 9.78 Å². The number of esters is 1. The van der Waals surface area contributed by atoms with Crippen LogP contribution in [0.2, 0.25) is 0 Å². The number of allylic oxidation sites excluding steroid dienone is 3. The van der Waals surface area contributed by atoms with Gasteiger partial charge in [-0.1, -0.05) is 83.1 Å². The van der Waals surface area contributed by atoms with E-state index in [2.05, 4.69) is 56.2 Å². The second-order valence-corrected chi connectivity index (χ2v) is 13.0. The van der Waals surface area contributed by atoms with Crippen LogP contribution in [0.5, 0.6) is 0 Å². The summed E-state index contributed by atoms with van der Waals surface area (Å²) >= 11 is 0. The maximum Gasteiger partial charge on any atom is 0.306 e. The van der Waals surface area contributed by atoms with Crippen LogP contribution in [0.4, 0.5) is 0 Å². The van der Waals surface area contributed by atoms with Crippen LogP contribution in [0.25, 0.3) is 5.57 Å². The van der Waals surface area contributed by atoms with E-state index in [0.717, 1.165) is 43.4 Å². The number of hydrogen-bond acceptors (Lipinski definition) is 3. The van der Waals surface area contributed by atoms with Crippen molar-refractivity contribution < 1.29 is 9.53 Å². The highest BCUT2D eigenvalue weighted by atomic mass is 16.5. The average molecular weight is 504 g/mol. The Balaban J connectivity index is 1.16. The molecule has 0 bridgehead atoms. The van der Waals surface area contributed by atoms with Gasteiger partial charge in [-0.2, -0.15) is 0 Å². The van der Waals surface area contributed by atoms with Gasteiger partial charge in [0.2, 0.25) is 0 Å². The van der Waals surface area contributed by atoms with Crippen LogP contribution < -0.4 is 0 Å². The van der Waals surface area contributed by atoms with Gasteiger partial charge in [-0.05, 0) is 90.7 Å². The SMILES string of the molecule is CCCCCCCCCC(=O)O[C@H]1CC[C@@]2(C)C(=CC[C@@H]3C2CC[C@]2(C)C(c4cccnc4)=CCC32)C1. The second-order valence-electron chi connectivity index (χ2n) is 13.0. The number of carbonyl (C=O) groups excluding carboxylic acids is 1. The van der Waals surface area contributed by atoms with Crippen molar-refractivity contribution in [1.82, 2.24) is 4.98 Å². The Hall–Kier alpha value is -1.90. The molecule has 2 unspecified atom stereocenters. The molecule has 5 rings (SSSR count). The van der Waals surface area contributed by atoms with Crippen LogP contribution in [0.1, 0.15) is 123 Å². The first-order valence-corrected chi connectivity index (χ1v) is 15.5. The highest BCUT2D eigenvalue weighted by Crippen LogP contribution is 2.66. The van der Waals surface area contributed by atoms with Crippen LogP contribution in [-0.4, -0.2) is 17.1 Å². The molecular weight excluding hydrogens is 454 g/mol. The summed E-state index contributed by atoms with van der Waals surface area (Å²) in [6.45, 7) is 7.32. The zero-order valence-electron chi connectivity index (χ0n) is 23.6. The maximum atomic E-state index is 12.6. The van der Waals surface area contributed by atoms with Gasteiger partial charge in [0.1, 0.15) is 6.10 Å². The van der Waals surface area contributed by atoms with Crippen molar-refractivity contribution in [3.63, 3.8) is 0 Å². The zero-order chi connectivity index (χ0) is 25.9. The molecule has 2 saturated carbocycles. The summed E-state index contributed by atoms with van der Waals surface area (Å²) in [5.74, 6) is 2.28. The monoisotopic (exact) mass is 503 g/mol. The van der Waals surface area contributed by atoms with Gasteiger partial charge in [0.05, 0.1) is 0 Å². The van der Waals surface area contributed by atoms with Crippen LogP contribution in [0.3, 0.4) is 0 Å². The molecule has 0 aliphatic heterocycles. The molecule has 202 valence electrons. The largest absolute Gasteiger partial charge is 0.462 e. The van der Waals surface area contributed by atoms with E-state index in [-0.39, 0.29) is 22.9 Å². The predicted molar refractivity (Wildman–Crippen MR) is 152 cm³/mol. The number of pyridine rings is 1. The lowest BCUT2D eigenvalue weighted by atomic mass is 9.47. The topological polar surface area (TPSA) is 39.2 Å². The number of carbonyl (C=O) groups is 1. The fourth-order valence-corrected chi connectivity index (χ4v) is 8.74. The minimum absolute atomic E-state index is 0.0323. The van der Waals surface area contributed by atoms with Crippen molar-refractivity contribution >= 4 is 11.5 Å². The maximum absolute atomic E-state index is 12.6. The lowest BCUT2D eigenvalue weighted by molar-refractivity contribution is -0.151. The summed E-state index contributed by atoms with van der Waals surface area (Å²) in [4.78, 5) is 17.0. The molecule has 0 radical (unpaired) electrons. The molecule has 3 heteroatoms. The van der Waals surface area contributed by atoms with Crippen LogP contribution in [-0.2, 0) is 9.53 Å². The van der Waals surface area contributed by atoms with E-state index in [1.54, 1.807) is 11.1 Å². The summed E-state index contributed by atoms with van der Waals surface area (Å²) < 4.78 is 6.02. The highest BCUT2D eigenvalue weighted by molar-refractivity contribution is 5.72. The molecule has 0 N–H and O–H groups in total. The van der Waals surface area contributed by atoms with E-state index in [4.69, 9.17) is 4.74 Å². The van der Waals surface area contributed by atoms with Crippen molar-refractivity contribution in [2.75, 3.05) is 0 Å². The third kappa shape index (κ3) is 5.34. The molecule has 3 nitrogen and oxygen atoms in total. The molecule has 1 aromatic heterocycles. The van der Waals surface area contributed by atoms with Gasteiger partial charge in [0.25, 0.3) is 0 Å². The van der Waals surface area contributed by atoms with Gasteiger partial charge in [0, 0.05) is 25.2 Å². The molecule has 1 heterocycles. The minimum atomic E-state index is 0.0323. The molecule has 0 aromatic carbocycles. The van der Waals surface area contributed by atoms with E-state index in [1.165, 1.54) is 69.8 Å². The second kappa shape index (κ2) is 11.5. The van der Waals surface area contributed by atoms with Gasteiger partial charge in [-0.25, -0.2) is 0 Å². The zero-order valence-corrected chi connectivity index (χ0v) is 23.6. The normalized spacial score (nSPS) is 34.6. The average Bonchev–Trinajstić information content (AvgIpc) is 3.26. The van der Waals surface area contributed by atoms with E-state index in [0.29, 0.717) is 6.42 Å². The van der Waals surface area contributed by atoms with Crippen molar-refractivity contribution in [3.8, 4) is 0 Å². The Labute approximate surface area is 225 Å². The Morgan fingerprint density at radius 2 is 1.76 bits per heavy atom. The summed E-state index contributed by atoms with van der Waals surface area (Å²) in [6, 6.07) is 4.32. The predicted octanol–water partition coefficient (Wildman–Crippen LogP) is 9.09. The van der Waals surface area contributed by atoms with E-state index in [9.17, 15) is 4.79 Å². The van der Waals surface area contributed by atoms with Crippen molar-refractivity contribution in [1.29, 1.82) is 0 Å². The summed E-state index contributed by atoms with van der Waals surface area (Å²) in [5, 5.41) is 0. The molecule has 0 amide bonds. The summed E-state index contributed by atoms with van der Waals surface area (Å²) in [5.41, 5.74) is 5.01. The fourth-order valence-electron chi connectivity index (χ4n) is 8.74. The first-order valence-electron chi connectivity index (χ1n) is 15.5. The molecule has 1 aromatic rings. The number of rotatable bonds is 10. The molecule has 6 atom stereocenters. The summed E-state index contributed by atoms with van der Waals surface area (Å²) in [7, 11) is 0. The Bertz CT molecular complexity index is 996. The molecule has 2 fully saturated rings. The third-order valence-electron chi connectivity index (χ3n) is 10.9. The molecule has 4 aliphatic rings. The molecule has 0 spiro atoms. The summed E-state index contributed by atoms with van der Waals surface area (Å²) in [6.07, 6.45) is 26.5.